The molecule has 0 radical (unpaired) electrons. The number of hydrogen-bond acceptors (Lipinski definition) is 2. The van der Waals surface area contributed by atoms with Crippen LogP contribution in [-0.2, 0) is 0 Å². The average Bonchev–Trinajstić information content (AvgIpc) is 2.85. The summed E-state index contributed by atoms with van der Waals surface area (Å²) in [6, 6.07) is 5.19. The highest BCUT2D eigenvalue weighted by Crippen LogP contribution is 2.39. The van der Waals surface area contributed by atoms with Crippen molar-refractivity contribution in [3.05, 3.63) is 28.8 Å². The predicted octanol–water partition coefficient (Wildman–Crippen LogP) is 0.897. The van der Waals surface area contributed by atoms with Crippen molar-refractivity contribution in [2.75, 3.05) is 0 Å². The van der Waals surface area contributed by atoms with Gasteiger partial charge in [0.15, 0.2) is 0 Å². The van der Waals surface area contributed by atoms with Crippen LogP contribution in [-0.4, -0.2) is 17.2 Å². The van der Waals surface area contributed by atoms with Gasteiger partial charge in [0.2, 0.25) is 0 Å². The summed E-state index contributed by atoms with van der Waals surface area (Å²) in [4.78, 5) is 0. The van der Waals surface area contributed by atoms with Gasteiger partial charge in [-0.1, -0.05) is 17.7 Å². The molecular formula is C9H10BClO2. The summed E-state index contributed by atoms with van der Waals surface area (Å²) in [6.07, 6.45) is 2.25. The first kappa shape index (κ1) is 9.07. The monoisotopic (exact) mass is 196 g/mol. The van der Waals surface area contributed by atoms with Crippen LogP contribution in [0.2, 0.25) is 5.02 Å². The van der Waals surface area contributed by atoms with E-state index in [-0.39, 0.29) is 0 Å². The van der Waals surface area contributed by atoms with Gasteiger partial charge < -0.3 is 10.0 Å². The minimum absolute atomic E-state index is 0.482. The molecule has 1 saturated carbocycles. The average molecular weight is 196 g/mol. The van der Waals surface area contributed by atoms with E-state index in [1.54, 1.807) is 12.1 Å². The van der Waals surface area contributed by atoms with Gasteiger partial charge in [-0.05, 0) is 41.9 Å². The molecule has 13 heavy (non-hydrogen) atoms. The summed E-state index contributed by atoms with van der Waals surface area (Å²) >= 11 is 5.83. The molecule has 0 aliphatic heterocycles. The van der Waals surface area contributed by atoms with Gasteiger partial charge in [-0.2, -0.15) is 0 Å². The zero-order valence-electron chi connectivity index (χ0n) is 7.07. The van der Waals surface area contributed by atoms with Crippen LogP contribution in [0.15, 0.2) is 18.2 Å². The lowest BCUT2D eigenvalue weighted by molar-refractivity contribution is 0.425. The third kappa shape index (κ3) is 1.88. The summed E-state index contributed by atoms with van der Waals surface area (Å²) in [6.45, 7) is 0. The summed E-state index contributed by atoms with van der Waals surface area (Å²) in [7, 11) is -1.38. The van der Waals surface area contributed by atoms with E-state index >= 15 is 0 Å². The van der Waals surface area contributed by atoms with Crippen LogP contribution in [0.5, 0.6) is 0 Å². The third-order valence-corrected chi connectivity index (χ3v) is 2.58. The maximum Gasteiger partial charge on any atom is 0.488 e. The van der Waals surface area contributed by atoms with Gasteiger partial charge in [0, 0.05) is 5.02 Å². The fourth-order valence-electron chi connectivity index (χ4n) is 1.53. The molecule has 1 aliphatic carbocycles. The molecule has 2 rings (SSSR count). The molecule has 2 nitrogen and oxygen atoms in total. The molecule has 0 saturated heterocycles. The Morgan fingerprint density at radius 2 is 2.00 bits per heavy atom. The Morgan fingerprint density at radius 1 is 1.31 bits per heavy atom. The first-order chi connectivity index (χ1) is 6.18. The molecular weight excluding hydrogens is 186 g/mol. The van der Waals surface area contributed by atoms with E-state index in [1.165, 1.54) is 0 Å². The highest BCUT2D eigenvalue weighted by molar-refractivity contribution is 6.59. The summed E-state index contributed by atoms with van der Waals surface area (Å²) in [5, 5.41) is 18.8. The molecule has 0 heterocycles. The van der Waals surface area contributed by atoms with Crippen LogP contribution < -0.4 is 5.46 Å². The van der Waals surface area contributed by atoms with Crippen molar-refractivity contribution < 1.29 is 10.0 Å². The van der Waals surface area contributed by atoms with Gasteiger partial charge in [-0.25, -0.2) is 0 Å². The van der Waals surface area contributed by atoms with Crippen molar-refractivity contribution in [1.82, 2.24) is 0 Å². The van der Waals surface area contributed by atoms with Crippen LogP contribution in [0.1, 0.15) is 24.3 Å². The summed E-state index contributed by atoms with van der Waals surface area (Å²) in [5.74, 6) is 0.482. The Bertz CT molecular complexity index is 323. The molecule has 1 aromatic carbocycles. The van der Waals surface area contributed by atoms with E-state index < -0.39 is 7.12 Å². The molecule has 1 aromatic rings. The minimum atomic E-state index is -1.38. The third-order valence-electron chi connectivity index (χ3n) is 2.34. The Kier molecular flexibility index (Phi) is 2.32. The lowest BCUT2D eigenvalue weighted by atomic mass is 9.76. The Labute approximate surface area is 82.3 Å². The van der Waals surface area contributed by atoms with Gasteiger partial charge in [0.1, 0.15) is 0 Å². The zero-order chi connectivity index (χ0) is 9.42. The van der Waals surface area contributed by atoms with E-state index in [9.17, 15) is 0 Å². The second kappa shape index (κ2) is 3.33. The normalized spacial score (nSPS) is 15.9. The number of halogens is 1. The molecule has 0 amide bonds. The molecule has 0 bridgehead atoms. The minimum Gasteiger partial charge on any atom is -0.423 e. The van der Waals surface area contributed by atoms with Crippen LogP contribution >= 0.6 is 11.6 Å². The van der Waals surface area contributed by atoms with E-state index in [1.807, 2.05) is 6.07 Å². The highest BCUT2D eigenvalue weighted by Gasteiger charge is 2.29. The van der Waals surface area contributed by atoms with Gasteiger partial charge >= 0.3 is 7.12 Å². The molecule has 0 spiro atoms. The maximum atomic E-state index is 9.08. The molecule has 4 heteroatoms. The SMILES string of the molecule is OB(O)c1ccc(Cl)cc1C1CC1. The first-order valence-electron chi connectivity index (χ1n) is 4.34. The van der Waals surface area contributed by atoms with Crippen LogP contribution in [0.25, 0.3) is 0 Å². The van der Waals surface area contributed by atoms with Gasteiger partial charge in [0.05, 0.1) is 0 Å². The molecule has 0 atom stereocenters. The zero-order valence-corrected chi connectivity index (χ0v) is 7.83. The van der Waals surface area contributed by atoms with Gasteiger partial charge in [0.25, 0.3) is 0 Å². The highest BCUT2D eigenvalue weighted by atomic mass is 35.5. The molecule has 1 fully saturated rings. The second-order valence-corrected chi connectivity index (χ2v) is 3.86. The number of benzene rings is 1. The van der Waals surface area contributed by atoms with Crippen molar-refractivity contribution in [2.45, 2.75) is 18.8 Å². The molecule has 2 N–H and O–H groups in total. The van der Waals surface area contributed by atoms with Gasteiger partial charge in [-0.15, -0.1) is 0 Å². The van der Waals surface area contributed by atoms with Crippen molar-refractivity contribution in [1.29, 1.82) is 0 Å². The first-order valence-corrected chi connectivity index (χ1v) is 4.72. The molecule has 0 aromatic heterocycles. The van der Waals surface area contributed by atoms with Crippen molar-refractivity contribution in [3.63, 3.8) is 0 Å². The second-order valence-electron chi connectivity index (χ2n) is 3.42. The van der Waals surface area contributed by atoms with E-state index in [0.29, 0.717) is 16.4 Å². The summed E-state index contributed by atoms with van der Waals surface area (Å²) in [5.41, 5.74) is 1.58. The van der Waals surface area contributed by atoms with Crippen molar-refractivity contribution in [3.8, 4) is 0 Å². The van der Waals surface area contributed by atoms with Crippen LogP contribution in [0, 0.1) is 0 Å². The fraction of sp³-hybridized carbons (Fsp3) is 0.333. The molecule has 68 valence electrons. The largest absolute Gasteiger partial charge is 0.488 e. The fourth-order valence-corrected chi connectivity index (χ4v) is 1.71. The smallest absolute Gasteiger partial charge is 0.423 e. The van der Waals surface area contributed by atoms with Crippen molar-refractivity contribution >= 4 is 24.2 Å². The maximum absolute atomic E-state index is 9.08. The predicted molar refractivity (Wildman–Crippen MR) is 53.3 cm³/mol. The van der Waals surface area contributed by atoms with Crippen molar-refractivity contribution in [2.24, 2.45) is 0 Å². The van der Waals surface area contributed by atoms with Gasteiger partial charge in [-0.3, -0.25) is 0 Å². The molecule has 0 unspecified atom stereocenters. The number of hydrogen-bond donors (Lipinski definition) is 2. The van der Waals surface area contributed by atoms with Crippen LogP contribution in [0.4, 0.5) is 0 Å². The van der Waals surface area contributed by atoms with E-state index in [0.717, 1.165) is 18.4 Å². The lowest BCUT2D eigenvalue weighted by Crippen LogP contribution is -2.32. The quantitative estimate of drug-likeness (QED) is 0.690. The standard InChI is InChI=1S/C9H10BClO2/c11-7-3-4-9(10(12)13)8(5-7)6-1-2-6/h3-6,12-13H,1-2H2. The lowest BCUT2D eigenvalue weighted by Gasteiger charge is -2.07. The number of rotatable bonds is 2. The topological polar surface area (TPSA) is 40.5 Å². The Balaban J connectivity index is 2.42. The van der Waals surface area contributed by atoms with E-state index in [2.05, 4.69) is 0 Å². The molecule has 1 aliphatic rings. The van der Waals surface area contributed by atoms with Crippen LogP contribution in [0.3, 0.4) is 0 Å². The summed E-state index contributed by atoms with van der Waals surface area (Å²) < 4.78 is 0. The van der Waals surface area contributed by atoms with E-state index in [4.69, 9.17) is 21.6 Å². The Hall–Kier alpha value is -0.505. The Morgan fingerprint density at radius 3 is 2.54 bits per heavy atom.